The molecule has 1 aromatic carbocycles. The Balaban J connectivity index is 1.59. The number of halogens is 2. The van der Waals surface area contributed by atoms with Gasteiger partial charge in [0.1, 0.15) is 11.6 Å². The minimum Gasteiger partial charge on any atom is -0.365 e. The summed E-state index contributed by atoms with van der Waals surface area (Å²) in [5, 5.41) is 0. The number of hydrogen-bond acceptors (Lipinski definition) is 3. The number of hydrogen-bond donors (Lipinski definition) is 0. The Morgan fingerprint density at radius 1 is 1.08 bits per heavy atom. The van der Waals surface area contributed by atoms with Crippen LogP contribution in [0.15, 0.2) is 18.2 Å². The fourth-order valence-corrected chi connectivity index (χ4v) is 3.94. The smallest absolute Gasteiger partial charge is 0.257 e. The summed E-state index contributed by atoms with van der Waals surface area (Å²) < 4.78 is 33.6. The van der Waals surface area contributed by atoms with E-state index >= 15 is 0 Å². The molecule has 24 heavy (non-hydrogen) atoms. The Morgan fingerprint density at radius 3 is 2.29 bits per heavy atom. The van der Waals surface area contributed by atoms with Crippen LogP contribution in [0.25, 0.3) is 0 Å². The van der Waals surface area contributed by atoms with Crippen LogP contribution >= 0.6 is 0 Å². The van der Waals surface area contributed by atoms with Crippen LogP contribution in [0.5, 0.6) is 0 Å². The Hall–Kier alpha value is -1.53. The van der Waals surface area contributed by atoms with Gasteiger partial charge in [0.25, 0.3) is 5.91 Å². The van der Waals surface area contributed by atoms with Gasteiger partial charge in [0.2, 0.25) is 0 Å². The zero-order chi connectivity index (χ0) is 16.9. The predicted molar refractivity (Wildman–Crippen MR) is 84.8 cm³/mol. The van der Waals surface area contributed by atoms with E-state index in [2.05, 4.69) is 11.9 Å². The summed E-state index contributed by atoms with van der Waals surface area (Å²) in [6, 6.07) is 3.14. The van der Waals surface area contributed by atoms with Crippen LogP contribution < -0.4 is 0 Å². The fraction of sp³-hybridized carbons (Fsp3) is 0.611. The molecule has 1 aliphatic carbocycles. The van der Waals surface area contributed by atoms with Crippen molar-refractivity contribution < 1.29 is 18.3 Å². The average Bonchev–Trinajstić information content (AvgIpc) is 3.28. The third-order valence-corrected chi connectivity index (χ3v) is 5.55. The minimum atomic E-state index is -0.797. The topological polar surface area (TPSA) is 32.8 Å². The number of piperidine rings is 1. The van der Waals surface area contributed by atoms with Gasteiger partial charge in [-0.15, -0.1) is 0 Å². The van der Waals surface area contributed by atoms with Crippen molar-refractivity contribution in [2.45, 2.75) is 36.9 Å². The number of ether oxygens (including phenoxy) is 1. The van der Waals surface area contributed by atoms with Crippen molar-refractivity contribution in [2.24, 2.45) is 0 Å². The molecule has 6 heteroatoms. The van der Waals surface area contributed by atoms with Crippen LogP contribution in [-0.2, 0) is 4.74 Å². The van der Waals surface area contributed by atoms with Gasteiger partial charge in [0.15, 0.2) is 0 Å². The molecule has 2 aliphatic heterocycles. The molecule has 1 amide bonds. The van der Waals surface area contributed by atoms with E-state index in [0.29, 0.717) is 13.1 Å². The molecule has 1 saturated carbocycles. The van der Waals surface area contributed by atoms with Gasteiger partial charge < -0.3 is 14.5 Å². The van der Waals surface area contributed by atoms with Gasteiger partial charge in [-0.2, -0.15) is 0 Å². The highest BCUT2D eigenvalue weighted by Crippen LogP contribution is 2.49. The van der Waals surface area contributed by atoms with E-state index in [1.165, 1.54) is 6.07 Å². The normalized spacial score (nSPS) is 25.2. The zero-order valence-electron chi connectivity index (χ0n) is 13.9. The maximum atomic E-state index is 14.0. The number of benzene rings is 1. The summed E-state index contributed by atoms with van der Waals surface area (Å²) in [6.07, 6.45) is 3.64. The highest BCUT2D eigenvalue weighted by Gasteiger charge is 2.56. The fourth-order valence-electron chi connectivity index (χ4n) is 3.94. The third-order valence-electron chi connectivity index (χ3n) is 5.55. The monoisotopic (exact) mass is 336 g/mol. The predicted octanol–water partition coefficient (Wildman–Crippen LogP) is 2.43. The summed E-state index contributed by atoms with van der Waals surface area (Å²) in [6.45, 7) is 2.85. The van der Waals surface area contributed by atoms with Crippen molar-refractivity contribution in [1.82, 2.24) is 9.80 Å². The molecule has 0 bridgehead atoms. The molecule has 4 rings (SSSR count). The summed E-state index contributed by atoms with van der Waals surface area (Å²) in [5.41, 5.74) is -0.634. The van der Waals surface area contributed by atoms with Crippen molar-refractivity contribution in [3.63, 3.8) is 0 Å². The second-order valence-corrected chi connectivity index (χ2v) is 7.56. The first kappa shape index (κ1) is 16.0. The number of morpholine rings is 1. The first-order valence-electron chi connectivity index (χ1n) is 8.54. The van der Waals surface area contributed by atoms with Crippen LogP contribution in [0.3, 0.4) is 0 Å². The first-order valence-corrected chi connectivity index (χ1v) is 8.54. The summed E-state index contributed by atoms with van der Waals surface area (Å²) in [4.78, 5) is 16.8. The van der Waals surface area contributed by atoms with E-state index in [9.17, 15) is 13.6 Å². The second-order valence-electron chi connectivity index (χ2n) is 7.56. The molecule has 0 atom stereocenters. The van der Waals surface area contributed by atoms with E-state index in [4.69, 9.17) is 4.74 Å². The Kier molecular flexibility index (Phi) is 3.65. The SMILES string of the molecule is CN1CCC2(CC1)CN(C(=O)c1ccc(F)cc1F)CC1(CC1)O2. The van der Waals surface area contributed by atoms with Gasteiger partial charge in [-0.3, -0.25) is 4.79 Å². The molecular weight excluding hydrogens is 314 g/mol. The van der Waals surface area contributed by atoms with Gasteiger partial charge in [0.05, 0.1) is 29.9 Å². The highest BCUT2D eigenvalue weighted by molar-refractivity contribution is 5.94. The maximum absolute atomic E-state index is 14.0. The molecule has 3 fully saturated rings. The van der Waals surface area contributed by atoms with Crippen molar-refractivity contribution in [2.75, 3.05) is 33.2 Å². The molecule has 0 unspecified atom stereocenters. The van der Waals surface area contributed by atoms with Gasteiger partial charge in [-0.25, -0.2) is 8.78 Å². The van der Waals surface area contributed by atoms with Crippen LogP contribution in [-0.4, -0.2) is 60.1 Å². The summed E-state index contributed by atoms with van der Waals surface area (Å²) >= 11 is 0. The molecule has 0 radical (unpaired) electrons. The molecule has 3 aliphatic rings. The van der Waals surface area contributed by atoms with Crippen molar-refractivity contribution in [3.8, 4) is 0 Å². The summed E-state index contributed by atoms with van der Waals surface area (Å²) in [7, 11) is 2.08. The van der Waals surface area contributed by atoms with E-state index in [-0.39, 0.29) is 22.7 Å². The second kappa shape index (κ2) is 5.49. The number of carbonyl (C=O) groups excluding carboxylic acids is 1. The van der Waals surface area contributed by atoms with E-state index in [1.54, 1.807) is 4.90 Å². The molecule has 0 aromatic heterocycles. The lowest BCUT2D eigenvalue weighted by molar-refractivity contribution is -0.178. The minimum absolute atomic E-state index is 0.0582. The number of rotatable bonds is 1. The average molecular weight is 336 g/mol. The van der Waals surface area contributed by atoms with Crippen LogP contribution in [0.4, 0.5) is 8.78 Å². The number of likely N-dealkylation sites (tertiary alicyclic amines) is 1. The van der Waals surface area contributed by atoms with Gasteiger partial charge in [0, 0.05) is 19.2 Å². The molecule has 0 N–H and O–H groups in total. The Morgan fingerprint density at radius 2 is 1.71 bits per heavy atom. The van der Waals surface area contributed by atoms with Crippen molar-refractivity contribution in [3.05, 3.63) is 35.4 Å². The quantitative estimate of drug-likeness (QED) is 0.790. The van der Waals surface area contributed by atoms with E-state index < -0.39 is 11.6 Å². The summed E-state index contributed by atoms with van der Waals surface area (Å²) in [5.74, 6) is -1.83. The largest absolute Gasteiger partial charge is 0.365 e. The first-order chi connectivity index (χ1) is 11.4. The Bertz CT molecular complexity index is 667. The van der Waals surface area contributed by atoms with Crippen LogP contribution in [0, 0.1) is 11.6 Å². The Labute approximate surface area is 140 Å². The molecule has 1 aromatic rings. The third kappa shape index (κ3) is 2.82. The van der Waals surface area contributed by atoms with Crippen molar-refractivity contribution in [1.29, 1.82) is 0 Å². The van der Waals surface area contributed by atoms with Gasteiger partial charge in [-0.1, -0.05) is 0 Å². The molecule has 2 heterocycles. The maximum Gasteiger partial charge on any atom is 0.257 e. The van der Waals surface area contributed by atoms with Crippen LogP contribution in [0.1, 0.15) is 36.0 Å². The lowest BCUT2D eigenvalue weighted by Crippen LogP contribution is -2.61. The van der Waals surface area contributed by atoms with Crippen LogP contribution in [0.2, 0.25) is 0 Å². The molecule has 4 nitrogen and oxygen atoms in total. The molecule has 130 valence electrons. The van der Waals surface area contributed by atoms with E-state index in [0.717, 1.165) is 50.9 Å². The molecular formula is C18H22F2N2O2. The highest BCUT2D eigenvalue weighted by atomic mass is 19.1. The number of amides is 1. The number of carbonyl (C=O) groups is 1. The molecule has 2 saturated heterocycles. The van der Waals surface area contributed by atoms with Gasteiger partial charge in [-0.05, 0) is 44.9 Å². The standard InChI is InChI=1S/C18H22F2N2O2/c1-21-8-6-18(7-9-21)12-22(11-17(24-18)4-5-17)16(23)14-3-2-13(19)10-15(14)20/h2-3,10H,4-9,11-12H2,1H3. The lowest BCUT2D eigenvalue weighted by atomic mass is 9.88. The molecule has 2 spiro atoms. The van der Waals surface area contributed by atoms with Gasteiger partial charge >= 0.3 is 0 Å². The lowest BCUT2D eigenvalue weighted by Gasteiger charge is -2.50. The number of nitrogens with zero attached hydrogens (tertiary/aromatic N) is 2. The van der Waals surface area contributed by atoms with E-state index in [1.807, 2.05) is 0 Å². The zero-order valence-corrected chi connectivity index (χ0v) is 13.9. The van der Waals surface area contributed by atoms with Crippen molar-refractivity contribution >= 4 is 5.91 Å².